The lowest BCUT2D eigenvalue weighted by atomic mass is 9.80. The Bertz CT molecular complexity index is 728. The number of halogens is 1. The Morgan fingerprint density at radius 2 is 2.19 bits per heavy atom. The number of thiophene rings is 1. The van der Waals surface area contributed by atoms with E-state index in [1.807, 2.05) is 18.4 Å². The van der Waals surface area contributed by atoms with Crippen molar-refractivity contribution in [1.82, 2.24) is 10.2 Å². The average molecular weight is 446 g/mol. The summed E-state index contributed by atoms with van der Waals surface area (Å²) in [5.74, 6) is -0.621. The van der Waals surface area contributed by atoms with E-state index in [4.69, 9.17) is 4.74 Å². The molecule has 2 N–H and O–H groups in total. The molecule has 26 heavy (non-hydrogen) atoms. The number of aliphatic imine (C=N–C) groups is 1. The second-order valence-electron chi connectivity index (χ2n) is 7.30. The summed E-state index contributed by atoms with van der Waals surface area (Å²) in [4.78, 5) is 31.9. The van der Waals surface area contributed by atoms with Crippen molar-refractivity contribution in [3.63, 3.8) is 0 Å². The molecule has 0 aliphatic carbocycles. The number of alkyl carbamates (subject to hydrolysis) is 1. The van der Waals surface area contributed by atoms with Crippen LogP contribution in [-0.2, 0) is 15.1 Å². The Labute approximate surface area is 165 Å². The van der Waals surface area contributed by atoms with Gasteiger partial charge in [-0.2, -0.15) is 0 Å². The summed E-state index contributed by atoms with van der Waals surface area (Å²) in [7, 11) is 1.55. The number of hydrogen-bond donors (Lipinski definition) is 2. The number of nitrogens with zero attached hydrogens (tertiary/aromatic N) is 2. The summed E-state index contributed by atoms with van der Waals surface area (Å²) in [6.45, 7) is 6.99. The predicted molar refractivity (Wildman–Crippen MR) is 104 cm³/mol. The second-order valence-corrected chi connectivity index (χ2v) is 9.13. The van der Waals surface area contributed by atoms with Gasteiger partial charge in [0.25, 0.3) is 0 Å². The van der Waals surface area contributed by atoms with Gasteiger partial charge in [0.1, 0.15) is 11.1 Å². The Balaban J connectivity index is 2.43. The lowest BCUT2D eigenvalue weighted by Gasteiger charge is -2.40. The monoisotopic (exact) mass is 445 g/mol. The maximum Gasteiger partial charge on any atom is 0.414 e. The Morgan fingerprint density at radius 3 is 2.69 bits per heavy atom. The van der Waals surface area contributed by atoms with E-state index in [1.165, 1.54) is 16.2 Å². The van der Waals surface area contributed by atoms with Crippen LogP contribution in [0, 0.1) is 5.92 Å². The van der Waals surface area contributed by atoms with E-state index in [2.05, 4.69) is 26.2 Å². The molecule has 9 heteroatoms. The molecule has 144 valence electrons. The summed E-state index contributed by atoms with van der Waals surface area (Å²) in [6.07, 6.45) is -0.399. The van der Waals surface area contributed by atoms with Crippen LogP contribution < -0.4 is 5.32 Å². The van der Waals surface area contributed by atoms with Crippen LogP contribution in [0.2, 0.25) is 0 Å². The standard InChI is InChI=1S/C17H24BrN3O4S/c1-16(2,3)25-15(24)19-14-20-17(4,12-8-10(18)9-26-12)11(6-7-22)13(23)21(14)5/h8-9,11,22H,6-7H2,1-5H3,(H,19,20,24)/t11-,17-/m0/s1. The molecule has 7 nitrogen and oxygen atoms in total. The summed E-state index contributed by atoms with van der Waals surface area (Å²) in [5, 5.41) is 13.9. The zero-order valence-electron chi connectivity index (χ0n) is 15.5. The van der Waals surface area contributed by atoms with Gasteiger partial charge in [-0.3, -0.25) is 15.0 Å². The van der Waals surface area contributed by atoms with Gasteiger partial charge in [0.2, 0.25) is 11.9 Å². The Morgan fingerprint density at radius 1 is 1.54 bits per heavy atom. The quantitative estimate of drug-likeness (QED) is 0.747. The predicted octanol–water partition coefficient (Wildman–Crippen LogP) is 3.08. The van der Waals surface area contributed by atoms with E-state index in [-0.39, 0.29) is 24.9 Å². The molecule has 1 aliphatic heterocycles. The van der Waals surface area contributed by atoms with Gasteiger partial charge >= 0.3 is 6.09 Å². The number of amides is 2. The van der Waals surface area contributed by atoms with E-state index >= 15 is 0 Å². The van der Waals surface area contributed by atoms with Crippen molar-refractivity contribution in [2.45, 2.75) is 45.3 Å². The van der Waals surface area contributed by atoms with E-state index in [0.29, 0.717) is 0 Å². The average Bonchev–Trinajstić information content (AvgIpc) is 2.94. The SMILES string of the molecule is CN1C(=O)[C@H](CCO)[C@@](C)(c2cc(Br)cs2)N=C1NC(=O)OC(C)(C)C. The minimum atomic E-state index is -0.895. The minimum Gasteiger partial charge on any atom is -0.444 e. The minimum absolute atomic E-state index is 0.128. The third-order valence-corrected chi connectivity index (χ3v) is 5.98. The molecule has 2 atom stereocenters. The number of carbonyl (C=O) groups is 2. The van der Waals surface area contributed by atoms with E-state index < -0.39 is 23.2 Å². The fourth-order valence-electron chi connectivity index (χ4n) is 2.80. The number of aliphatic hydroxyl groups is 1. The molecule has 2 rings (SSSR count). The normalized spacial score (nSPS) is 23.7. The third-order valence-electron chi connectivity index (χ3n) is 4.06. The zero-order valence-corrected chi connectivity index (χ0v) is 17.9. The van der Waals surface area contributed by atoms with Gasteiger partial charge in [0.05, 0.1) is 5.92 Å². The first kappa shape index (κ1) is 20.9. The van der Waals surface area contributed by atoms with Gasteiger partial charge in [-0.1, -0.05) is 0 Å². The highest BCUT2D eigenvalue weighted by Crippen LogP contribution is 2.43. The van der Waals surface area contributed by atoms with Crippen LogP contribution >= 0.6 is 27.3 Å². The topological polar surface area (TPSA) is 91.2 Å². The molecule has 0 saturated heterocycles. The van der Waals surface area contributed by atoms with Crippen LogP contribution in [0.3, 0.4) is 0 Å². The molecule has 0 fully saturated rings. The highest BCUT2D eigenvalue weighted by Gasteiger charge is 2.47. The van der Waals surface area contributed by atoms with Crippen molar-refractivity contribution in [2.24, 2.45) is 10.9 Å². The smallest absolute Gasteiger partial charge is 0.414 e. The molecule has 1 aliphatic rings. The Kier molecular flexibility index (Phi) is 6.14. The van der Waals surface area contributed by atoms with Gasteiger partial charge in [0, 0.05) is 28.4 Å². The maximum atomic E-state index is 12.9. The fraction of sp³-hybridized carbons (Fsp3) is 0.588. The van der Waals surface area contributed by atoms with Gasteiger partial charge in [-0.15, -0.1) is 11.3 Å². The number of nitrogens with one attached hydrogen (secondary N) is 1. The summed E-state index contributed by atoms with van der Waals surface area (Å²) >= 11 is 4.89. The fourth-order valence-corrected chi connectivity index (χ4v) is 4.39. The largest absolute Gasteiger partial charge is 0.444 e. The van der Waals surface area contributed by atoms with Crippen LogP contribution in [0.1, 0.15) is 39.0 Å². The third kappa shape index (κ3) is 4.44. The molecule has 0 aromatic carbocycles. The molecule has 0 unspecified atom stereocenters. The van der Waals surface area contributed by atoms with Crippen molar-refractivity contribution in [3.8, 4) is 0 Å². The number of rotatable bonds is 3. The van der Waals surface area contributed by atoms with Crippen molar-refractivity contribution in [3.05, 3.63) is 20.8 Å². The van der Waals surface area contributed by atoms with Gasteiger partial charge in [-0.25, -0.2) is 9.79 Å². The van der Waals surface area contributed by atoms with E-state index in [0.717, 1.165) is 9.35 Å². The van der Waals surface area contributed by atoms with E-state index in [1.54, 1.807) is 27.8 Å². The molecular formula is C17H24BrN3O4S. The molecule has 0 saturated carbocycles. The number of aliphatic hydroxyl groups excluding tert-OH is 1. The van der Waals surface area contributed by atoms with Crippen molar-refractivity contribution in [2.75, 3.05) is 13.7 Å². The molecule has 0 bridgehead atoms. The van der Waals surface area contributed by atoms with Gasteiger partial charge in [0.15, 0.2) is 0 Å². The molecular weight excluding hydrogens is 422 g/mol. The lowest BCUT2D eigenvalue weighted by molar-refractivity contribution is -0.134. The van der Waals surface area contributed by atoms with Crippen LogP contribution in [0.4, 0.5) is 4.79 Å². The highest BCUT2D eigenvalue weighted by molar-refractivity contribution is 9.10. The number of ether oxygens (including phenoxy) is 1. The first-order valence-electron chi connectivity index (χ1n) is 8.20. The van der Waals surface area contributed by atoms with Crippen LogP contribution in [0.25, 0.3) is 0 Å². The first-order valence-corrected chi connectivity index (χ1v) is 9.88. The van der Waals surface area contributed by atoms with Gasteiger partial charge < -0.3 is 9.84 Å². The van der Waals surface area contributed by atoms with Crippen molar-refractivity contribution >= 4 is 45.2 Å². The van der Waals surface area contributed by atoms with Crippen LogP contribution in [0.15, 0.2) is 20.9 Å². The van der Waals surface area contributed by atoms with Crippen LogP contribution in [0.5, 0.6) is 0 Å². The highest BCUT2D eigenvalue weighted by atomic mass is 79.9. The van der Waals surface area contributed by atoms with Crippen molar-refractivity contribution in [1.29, 1.82) is 0 Å². The Hall–Kier alpha value is -1.45. The molecule has 2 amide bonds. The number of guanidine groups is 1. The molecule has 0 spiro atoms. The molecule has 1 aromatic rings. The van der Waals surface area contributed by atoms with Crippen LogP contribution in [-0.4, -0.2) is 47.2 Å². The maximum absolute atomic E-state index is 12.9. The first-order chi connectivity index (χ1) is 12.0. The summed E-state index contributed by atoms with van der Waals surface area (Å²) in [5.41, 5.74) is -1.56. The molecule has 2 heterocycles. The number of carbonyl (C=O) groups excluding carboxylic acids is 2. The summed E-state index contributed by atoms with van der Waals surface area (Å²) < 4.78 is 6.16. The molecule has 0 radical (unpaired) electrons. The summed E-state index contributed by atoms with van der Waals surface area (Å²) in [6, 6.07) is 1.90. The van der Waals surface area contributed by atoms with E-state index in [9.17, 15) is 14.7 Å². The zero-order chi connectivity index (χ0) is 19.7. The van der Waals surface area contributed by atoms with Crippen molar-refractivity contribution < 1.29 is 19.4 Å². The molecule has 1 aromatic heterocycles. The van der Waals surface area contributed by atoms with Gasteiger partial charge in [-0.05, 0) is 56.1 Å². The number of hydrogen-bond acceptors (Lipinski definition) is 6. The lowest BCUT2D eigenvalue weighted by Crippen LogP contribution is -2.56. The second kappa shape index (κ2) is 7.66.